The van der Waals surface area contributed by atoms with Crippen LogP contribution in [0.2, 0.25) is 0 Å². The topological polar surface area (TPSA) is 24.9 Å². The first-order chi connectivity index (χ1) is 4.86. The largest absolute Gasteiger partial charge is 0.308 e. The number of aromatic nitrogens is 1. The molecule has 1 saturated heterocycles. The molecule has 0 aliphatic carbocycles. The van der Waals surface area contributed by atoms with Crippen molar-refractivity contribution in [2.75, 3.05) is 6.54 Å². The van der Waals surface area contributed by atoms with Crippen LogP contribution in [0.1, 0.15) is 18.2 Å². The molecule has 54 valence electrons. The average Bonchev–Trinajstić information content (AvgIpc) is 2.10. The molecule has 1 fully saturated rings. The Balaban J connectivity index is 2.17. The van der Waals surface area contributed by atoms with E-state index >= 15 is 0 Å². The summed E-state index contributed by atoms with van der Waals surface area (Å²) in [7, 11) is 0. The zero-order valence-electron chi connectivity index (χ0n) is 5.30. The van der Waals surface area contributed by atoms with E-state index < -0.39 is 0 Å². The van der Waals surface area contributed by atoms with E-state index in [0.717, 1.165) is 10.5 Å². The molecule has 1 atom stereocenters. The van der Waals surface area contributed by atoms with Gasteiger partial charge in [-0.1, -0.05) is 0 Å². The quantitative estimate of drug-likeness (QED) is 0.780. The van der Waals surface area contributed by atoms with Gasteiger partial charge in [0, 0.05) is 5.38 Å². The van der Waals surface area contributed by atoms with Gasteiger partial charge in [-0.25, -0.2) is 4.98 Å². The van der Waals surface area contributed by atoms with Crippen LogP contribution in [-0.4, -0.2) is 11.5 Å². The van der Waals surface area contributed by atoms with Crippen molar-refractivity contribution >= 4 is 27.3 Å². The van der Waals surface area contributed by atoms with Crippen molar-refractivity contribution in [1.82, 2.24) is 10.3 Å². The van der Waals surface area contributed by atoms with Crippen molar-refractivity contribution in [3.63, 3.8) is 0 Å². The molecule has 4 heteroatoms. The van der Waals surface area contributed by atoms with Crippen molar-refractivity contribution in [3.05, 3.63) is 15.0 Å². The summed E-state index contributed by atoms with van der Waals surface area (Å²) in [4.78, 5) is 4.31. The monoisotopic (exact) mass is 218 g/mol. The van der Waals surface area contributed by atoms with Gasteiger partial charge in [0.05, 0.1) is 11.7 Å². The highest BCUT2D eigenvalue weighted by molar-refractivity contribution is 9.11. The average molecular weight is 219 g/mol. The molecule has 0 spiro atoms. The highest BCUT2D eigenvalue weighted by Crippen LogP contribution is 2.26. The first kappa shape index (κ1) is 6.76. The first-order valence-electron chi connectivity index (χ1n) is 3.20. The minimum Gasteiger partial charge on any atom is -0.308 e. The molecule has 1 aliphatic heterocycles. The van der Waals surface area contributed by atoms with Gasteiger partial charge in [0.25, 0.3) is 0 Å². The zero-order valence-corrected chi connectivity index (χ0v) is 7.70. The summed E-state index contributed by atoms with van der Waals surface area (Å²) >= 11 is 4.98. The van der Waals surface area contributed by atoms with Gasteiger partial charge in [-0.3, -0.25) is 0 Å². The van der Waals surface area contributed by atoms with E-state index in [1.807, 2.05) is 0 Å². The lowest BCUT2D eigenvalue weighted by Gasteiger charge is -2.25. The summed E-state index contributed by atoms with van der Waals surface area (Å²) in [6.45, 7) is 1.14. The molecule has 1 aromatic rings. The summed E-state index contributed by atoms with van der Waals surface area (Å²) in [5.74, 6) is 0. The van der Waals surface area contributed by atoms with Crippen molar-refractivity contribution in [2.24, 2.45) is 0 Å². The molecular weight excluding hydrogens is 212 g/mol. The highest BCUT2D eigenvalue weighted by atomic mass is 79.9. The summed E-state index contributed by atoms with van der Waals surface area (Å²) in [5.41, 5.74) is 1.18. The van der Waals surface area contributed by atoms with Crippen LogP contribution < -0.4 is 5.32 Å². The third-order valence-corrected chi connectivity index (χ3v) is 3.06. The summed E-state index contributed by atoms with van der Waals surface area (Å²) in [6, 6.07) is 0.530. The second-order valence-electron chi connectivity index (χ2n) is 2.32. The molecule has 10 heavy (non-hydrogen) atoms. The highest BCUT2D eigenvalue weighted by Gasteiger charge is 2.20. The lowest BCUT2D eigenvalue weighted by atomic mass is 10.1. The van der Waals surface area contributed by atoms with Crippen molar-refractivity contribution in [3.8, 4) is 0 Å². The second-order valence-corrected chi connectivity index (χ2v) is 4.45. The van der Waals surface area contributed by atoms with E-state index in [4.69, 9.17) is 0 Å². The molecule has 0 amide bonds. The van der Waals surface area contributed by atoms with E-state index in [9.17, 15) is 0 Å². The Morgan fingerprint density at radius 3 is 3.00 bits per heavy atom. The minimum absolute atomic E-state index is 0.530. The standard InChI is InChI=1S/C6H7BrN2S/c7-6-9-5(3-10-6)4-1-2-8-4/h3-4,8H,1-2H2. The van der Waals surface area contributed by atoms with Crippen LogP contribution in [0.3, 0.4) is 0 Å². The Labute approximate surface area is 71.8 Å². The van der Waals surface area contributed by atoms with Crippen molar-refractivity contribution in [1.29, 1.82) is 0 Å². The van der Waals surface area contributed by atoms with Crippen LogP contribution in [0.25, 0.3) is 0 Å². The number of rotatable bonds is 1. The van der Waals surface area contributed by atoms with E-state index in [-0.39, 0.29) is 0 Å². The van der Waals surface area contributed by atoms with Gasteiger partial charge in [0.15, 0.2) is 3.92 Å². The molecule has 0 bridgehead atoms. The van der Waals surface area contributed by atoms with Crippen LogP contribution in [0, 0.1) is 0 Å². The number of halogens is 1. The van der Waals surface area contributed by atoms with Gasteiger partial charge in [0.2, 0.25) is 0 Å². The predicted octanol–water partition coefficient (Wildman–Crippen LogP) is 1.94. The number of thiazole rings is 1. The third kappa shape index (κ3) is 1.11. The Hall–Kier alpha value is 0.0700. The molecule has 1 unspecified atom stereocenters. The molecule has 0 saturated carbocycles. The molecule has 2 heterocycles. The predicted molar refractivity (Wildman–Crippen MR) is 45.2 cm³/mol. The van der Waals surface area contributed by atoms with Crippen LogP contribution in [-0.2, 0) is 0 Å². The Kier molecular flexibility index (Phi) is 1.76. The molecule has 2 nitrogen and oxygen atoms in total. The fourth-order valence-electron chi connectivity index (χ4n) is 0.964. The second kappa shape index (κ2) is 2.60. The Bertz CT molecular complexity index is 231. The SMILES string of the molecule is Brc1nc(C2CCN2)cs1. The van der Waals surface area contributed by atoms with E-state index in [0.29, 0.717) is 6.04 Å². The van der Waals surface area contributed by atoms with Gasteiger partial charge in [0.1, 0.15) is 0 Å². The molecule has 0 radical (unpaired) electrons. The maximum atomic E-state index is 4.31. The number of nitrogens with one attached hydrogen (secondary N) is 1. The van der Waals surface area contributed by atoms with Gasteiger partial charge in [-0.2, -0.15) is 0 Å². The molecule has 2 rings (SSSR count). The fourth-order valence-corrected chi connectivity index (χ4v) is 2.04. The minimum atomic E-state index is 0.530. The van der Waals surface area contributed by atoms with Gasteiger partial charge < -0.3 is 5.32 Å². The normalized spacial score (nSPS) is 24.3. The van der Waals surface area contributed by atoms with Crippen LogP contribution >= 0.6 is 27.3 Å². The van der Waals surface area contributed by atoms with E-state index in [2.05, 4.69) is 31.6 Å². The lowest BCUT2D eigenvalue weighted by molar-refractivity contribution is 0.376. The Morgan fingerprint density at radius 2 is 2.60 bits per heavy atom. The van der Waals surface area contributed by atoms with Crippen LogP contribution in [0.15, 0.2) is 9.30 Å². The van der Waals surface area contributed by atoms with Crippen LogP contribution in [0.4, 0.5) is 0 Å². The van der Waals surface area contributed by atoms with Crippen LogP contribution in [0.5, 0.6) is 0 Å². The molecule has 0 aromatic carbocycles. The molecular formula is C6H7BrN2S. The molecule has 1 N–H and O–H groups in total. The number of hydrogen-bond acceptors (Lipinski definition) is 3. The summed E-state index contributed by atoms with van der Waals surface area (Å²) in [5, 5.41) is 5.40. The van der Waals surface area contributed by atoms with E-state index in [1.54, 1.807) is 11.3 Å². The van der Waals surface area contributed by atoms with Gasteiger partial charge in [-0.15, -0.1) is 11.3 Å². The van der Waals surface area contributed by atoms with E-state index in [1.165, 1.54) is 12.1 Å². The maximum Gasteiger partial charge on any atom is 0.159 e. The first-order valence-corrected chi connectivity index (χ1v) is 4.88. The number of nitrogens with zero attached hydrogens (tertiary/aromatic N) is 1. The van der Waals surface area contributed by atoms with Crippen molar-refractivity contribution in [2.45, 2.75) is 12.5 Å². The fraction of sp³-hybridized carbons (Fsp3) is 0.500. The third-order valence-electron chi connectivity index (χ3n) is 1.67. The maximum absolute atomic E-state index is 4.31. The van der Waals surface area contributed by atoms with Gasteiger partial charge >= 0.3 is 0 Å². The number of hydrogen-bond donors (Lipinski definition) is 1. The summed E-state index contributed by atoms with van der Waals surface area (Å²) < 4.78 is 0.983. The molecule has 1 aliphatic rings. The van der Waals surface area contributed by atoms with Crippen molar-refractivity contribution < 1.29 is 0 Å². The zero-order chi connectivity index (χ0) is 6.97. The van der Waals surface area contributed by atoms with Gasteiger partial charge in [-0.05, 0) is 28.9 Å². The molecule has 1 aromatic heterocycles. The lowest BCUT2D eigenvalue weighted by Crippen LogP contribution is -2.35. The Morgan fingerprint density at radius 1 is 1.80 bits per heavy atom. The summed E-state index contributed by atoms with van der Waals surface area (Å²) in [6.07, 6.45) is 1.23. The smallest absolute Gasteiger partial charge is 0.159 e.